The van der Waals surface area contributed by atoms with Crippen molar-refractivity contribution in [2.24, 2.45) is 17.8 Å². The van der Waals surface area contributed by atoms with Crippen LogP contribution in [0.15, 0.2) is 30.3 Å². The average Bonchev–Trinajstić information content (AvgIpc) is 3.07. The Balaban J connectivity index is 1.65. The van der Waals surface area contributed by atoms with Crippen LogP contribution in [0.2, 0.25) is 0 Å². The van der Waals surface area contributed by atoms with Crippen LogP contribution < -0.4 is 5.32 Å². The molecule has 0 heterocycles. The van der Waals surface area contributed by atoms with Gasteiger partial charge in [-0.3, -0.25) is 4.79 Å². The average molecular weight is 273 g/mol. The van der Waals surface area contributed by atoms with Crippen LogP contribution in [0.5, 0.6) is 0 Å². The summed E-state index contributed by atoms with van der Waals surface area (Å²) in [6.07, 6.45) is 3.64. The normalized spacial score (nSPS) is 31.4. The van der Waals surface area contributed by atoms with Crippen molar-refractivity contribution in [3.63, 3.8) is 0 Å². The van der Waals surface area contributed by atoms with Gasteiger partial charge in [0.1, 0.15) is 0 Å². The summed E-state index contributed by atoms with van der Waals surface area (Å²) in [7, 11) is 0. The molecule has 0 spiro atoms. The van der Waals surface area contributed by atoms with Gasteiger partial charge in [0, 0.05) is 12.6 Å². The molecule has 2 bridgehead atoms. The largest absolute Gasteiger partial charge is 0.466 e. The third-order valence-electron chi connectivity index (χ3n) is 4.86. The molecule has 0 saturated heterocycles. The van der Waals surface area contributed by atoms with Gasteiger partial charge in [-0.15, -0.1) is 0 Å². The molecule has 108 valence electrons. The van der Waals surface area contributed by atoms with E-state index < -0.39 is 0 Å². The van der Waals surface area contributed by atoms with Crippen LogP contribution in [0.1, 0.15) is 31.7 Å². The maximum atomic E-state index is 12.2. The smallest absolute Gasteiger partial charge is 0.310 e. The number of carbonyl (C=O) groups is 1. The van der Waals surface area contributed by atoms with Crippen molar-refractivity contribution < 1.29 is 9.53 Å². The number of esters is 1. The second kappa shape index (κ2) is 5.96. The van der Waals surface area contributed by atoms with E-state index in [-0.39, 0.29) is 11.9 Å². The SMILES string of the molecule is CCOC(=O)C1C(NCc2ccccc2)[C@@H]2CC[C@H]1C2. The van der Waals surface area contributed by atoms with E-state index in [1.807, 2.05) is 13.0 Å². The van der Waals surface area contributed by atoms with Gasteiger partial charge < -0.3 is 10.1 Å². The molecule has 0 radical (unpaired) electrons. The molecule has 0 amide bonds. The Hall–Kier alpha value is -1.35. The van der Waals surface area contributed by atoms with E-state index in [9.17, 15) is 4.79 Å². The van der Waals surface area contributed by atoms with Gasteiger partial charge in [0.25, 0.3) is 0 Å². The highest BCUT2D eigenvalue weighted by molar-refractivity contribution is 5.74. The molecule has 4 atom stereocenters. The number of rotatable bonds is 5. The molecule has 2 saturated carbocycles. The van der Waals surface area contributed by atoms with Crippen LogP contribution in [-0.4, -0.2) is 18.6 Å². The Labute approximate surface area is 120 Å². The zero-order valence-corrected chi connectivity index (χ0v) is 12.0. The van der Waals surface area contributed by atoms with E-state index in [4.69, 9.17) is 4.74 Å². The van der Waals surface area contributed by atoms with E-state index in [0.717, 1.165) is 6.54 Å². The number of benzene rings is 1. The van der Waals surface area contributed by atoms with E-state index >= 15 is 0 Å². The number of hydrogen-bond donors (Lipinski definition) is 1. The fourth-order valence-electron chi connectivity index (χ4n) is 3.99. The third kappa shape index (κ3) is 2.59. The molecule has 0 aliphatic heterocycles. The minimum absolute atomic E-state index is 0.00487. The summed E-state index contributed by atoms with van der Waals surface area (Å²) in [6.45, 7) is 3.21. The number of ether oxygens (including phenoxy) is 1. The van der Waals surface area contributed by atoms with Crippen molar-refractivity contribution in [3.8, 4) is 0 Å². The third-order valence-corrected chi connectivity index (χ3v) is 4.86. The van der Waals surface area contributed by atoms with Crippen LogP contribution in [0.4, 0.5) is 0 Å². The number of fused-ring (bicyclic) bond motifs is 2. The van der Waals surface area contributed by atoms with Crippen LogP contribution in [0, 0.1) is 17.8 Å². The molecule has 3 heteroatoms. The summed E-state index contributed by atoms with van der Waals surface area (Å²) in [5, 5.41) is 3.62. The van der Waals surface area contributed by atoms with Crippen molar-refractivity contribution >= 4 is 5.97 Å². The highest BCUT2D eigenvalue weighted by Gasteiger charge is 2.51. The molecule has 1 aromatic rings. The molecule has 2 unspecified atom stereocenters. The van der Waals surface area contributed by atoms with E-state index in [0.29, 0.717) is 24.5 Å². The van der Waals surface area contributed by atoms with Gasteiger partial charge in [-0.2, -0.15) is 0 Å². The predicted molar refractivity (Wildman–Crippen MR) is 78.0 cm³/mol. The van der Waals surface area contributed by atoms with Gasteiger partial charge in [-0.05, 0) is 43.6 Å². The number of hydrogen-bond acceptors (Lipinski definition) is 3. The standard InChI is InChI=1S/C17H23NO2/c1-2-20-17(19)15-13-8-9-14(10-13)16(15)18-11-12-6-4-3-5-7-12/h3-7,13-16,18H,2,8-11H2,1H3/t13-,14+,15?,16?/m0/s1. The monoisotopic (exact) mass is 273 g/mol. The van der Waals surface area contributed by atoms with E-state index in [1.165, 1.54) is 24.8 Å². The van der Waals surface area contributed by atoms with Gasteiger partial charge in [0.15, 0.2) is 0 Å². The lowest BCUT2D eigenvalue weighted by Crippen LogP contribution is -2.44. The molecule has 20 heavy (non-hydrogen) atoms. The summed E-state index contributed by atoms with van der Waals surface area (Å²) < 4.78 is 5.28. The molecule has 0 aromatic heterocycles. The van der Waals surface area contributed by atoms with Crippen molar-refractivity contribution in [3.05, 3.63) is 35.9 Å². The first kappa shape index (κ1) is 13.6. The van der Waals surface area contributed by atoms with E-state index in [2.05, 4.69) is 29.6 Å². The first-order chi connectivity index (χ1) is 9.79. The minimum atomic E-state index is 0.00487. The Kier molecular flexibility index (Phi) is 4.06. The highest BCUT2D eigenvalue weighted by atomic mass is 16.5. The zero-order chi connectivity index (χ0) is 13.9. The molecule has 3 nitrogen and oxygen atoms in total. The molecular formula is C17H23NO2. The van der Waals surface area contributed by atoms with Crippen LogP contribution in [0.3, 0.4) is 0 Å². The Morgan fingerprint density at radius 1 is 1.25 bits per heavy atom. The summed E-state index contributed by atoms with van der Waals surface area (Å²) in [5.74, 6) is 1.26. The first-order valence-corrected chi connectivity index (χ1v) is 7.73. The number of nitrogens with one attached hydrogen (secondary N) is 1. The lowest BCUT2D eigenvalue weighted by Gasteiger charge is -2.30. The first-order valence-electron chi connectivity index (χ1n) is 7.73. The maximum absolute atomic E-state index is 12.2. The summed E-state index contributed by atoms with van der Waals surface area (Å²) in [5.41, 5.74) is 1.28. The maximum Gasteiger partial charge on any atom is 0.310 e. The van der Waals surface area contributed by atoms with Gasteiger partial charge in [-0.25, -0.2) is 0 Å². The fraction of sp³-hybridized carbons (Fsp3) is 0.588. The van der Waals surface area contributed by atoms with Gasteiger partial charge >= 0.3 is 5.97 Å². The fourth-order valence-corrected chi connectivity index (χ4v) is 3.99. The van der Waals surface area contributed by atoms with Crippen LogP contribution >= 0.6 is 0 Å². The topological polar surface area (TPSA) is 38.3 Å². The van der Waals surface area contributed by atoms with Crippen LogP contribution in [0.25, 0.3) is 0 Å². The van der Waals surface area contributed by atoms with Gasteiger partial charge in [0.05, 0.1) is 12.5 Å². The Morgan fingerprint density at radius 2 is 2.00 bits per heavy atom. The van der Waals surface area contributed by atoms with Crippen molar-refractivity contribution in [1.29, 1.82) is 0 Å². The molecule has 3 rings (SSSR count). The number of carbonyl (C=O) groups excluding carboxylic acids is 1. The quantitative estimate of drug-likeness (QED) is 0.838. The lowest BCUT2D eigenvalue weighted by atomic mass is 9.84. The van der Waals surface area contributed by atoms with Crippen LogP contribution in [-0.2, 0) is 16.1 Å². The predicted octanol–water partition coefficient (Wildman–Crippen LogP) is 2.75. The van der Waals surface area contributed by atoms with Crippen molar-refractivity contribution in [1.82, 2.24) is 5.32 Å². The van der Waals surface area contributed by atoms with Gasteiger partial charge in [-0.1, -0.05) is 30.3 Å². The molecule has 1 N–H and O–H groups in total. The summed E-state index contributed by atoms with van der Waals surface area (Å²) in [6, 6.07) is 10.7. The second-order valence-electron chi connectivity index (χ2n) is 6.00. The molecule has 2 aliphatic rings. The van der Waals surface area contributed by atoms with Gasteiger partial charge in [0.2, 0.25) is 0 Å². The summed E-state index contributed by atoms with van der Waals surface area (Å²) in [4.78, 5) is 12.2. The van der Waals surface area contributed by atoms with E-state index in [1.54, 1.807) is 0 Å². The lowest BCUT2D eigenvalue weighted by molar-refractivity contribution is -0.150. The van der Waals surface area contributed by atoms with Crippen molar-refractivity contribution in [2.75, 3.05) is 6.61 Å². The molecule has 2 aliphatic carbocycles. The second-order valence-corrected chi connectivity index (χ2v) is 6.00. The molecule has 1 aromatic carbocycles. The highest BCUT2D eigenvalue weighted by Crippen LogP contribution is 2.49. The summed E-state index contributed by atoms with van der Waals surface area (Å²) >= 11 is 0. The minimum Gasteiger partial charge on any atom is -0.466 e. The molecule has 2 fully saturated rings. The Bertz CT molecular complexity index is 459. The Morgan fingerprint density at radius 3 is 2.75 bits per heavy atom. The zero-order valence-electron chi connectivity index (χ0n) is 12.0. The van der Waals surface area contributed by atoms with Crippen molar-refractivity contribution in [2.45, 2.75) is 38.8 Å². The molecular weight excluding hydrogens is 250 g/mol.